The number of aryl methyl sites for hydroxylation is 1. The van der Waals surface area contributed by atoms with E-state index in [0.717, 1.165) is 17.7 Å². The first kappa shape index (κ1) is 32.8. The predicted octanol–water partition coefficient (Wildman–Crippen LogP) is 3.18. The number of nitrogens with one attached hydrogen (secondary N) is 4. The molecule has 40 heavy (non-hydrogen) atoms. The minimum Gasteiger partial charge on any atom is -0.352 e. The van der Waals surface area contributed by atoms with Gasteiger partial charge in [-0.15, -0.1) is 0 Å². The molecule has 2 atom stereocenters. The molecule has 0 aliphatic carbocycles. The third kappa shape index (κ3) is 10.6. The molecule has 13 heteroatoms. The highest BCUT2D eigenvalue weighted by molar-refractivity contribution is 7.89. The predicted molar refractivity (Wildman–Crippen MR) is 143 cm³/mol. The summed E-state index contributed by atoms with van der Waals surface area (Å²) < 4.78 is 67.1. The number of amides is 3. The largest absolute Gasteiger partial charge is 0.416 e. The summed E-state index contributed by atoms with van der Waals surface area (Å²) >= 11 is 0. The van der Waals surface area contributed by atoms with E-state index in [4.69, 9.17) is 0 Å². The van der Waals surface area contributed by atoms with Gasteiger partial charge in [-0.3, -0.25) is 14.4 Å². The normalized spacial score (nSPS) is 13.7. The van der Waals surface area contributed by atoms with Crippen LogP contribution in [0.25, 0.3) is 0 Å². The number of halogens is 3. The molecule has 0 saturated heterocycles. The van der Waals surface area contributed by atoms with Gasteiger partial charge in [-0.2, -0.15) is 17.9 Å². The van der Waals surface area contributed by atoms with Crippen molar-refractivity contribution in [2.45, 2.75) is 82.7 Å². The van der Waals surface area contributed by atoms with Crippen LogP contribution in [-0.4, -0.2) is 43.8 Å². The number of hydrogen-bond acceptors (Lipinski definition) is 5. The SMILES string of the molecule is Cc1ccc(S(=O)(=O)N[C@@H](CCC(=O)NC(C)(C)C)C(=O)N[C@@H](C)C(=O)NCc2cccc(C(F)(F)F)c2)cc1. The van der Waals surface area contributed by atoms with E-state index in [0.29, 0.717) is 0 Å². The van der Waals surface area contributed by atoms with Crippen molar-refractivity contribution in [3.05, 3.63) is 65.2 Å². The van der Waals surface area contributed by atoms with Gasteiger partial charge < -0.3 is 16.0 Å². The molecular formula is C27H35F3N4O5S. The van der Waals surface area contributed by atoms with Gasteiger partial charge in [-0.05, 0) is 70.9 Å². The molecular weight excluding hydrogens is 549 g/mol. The topological polar surface area (TPSA) is 133 Å². The van der Waals surface area contributed by atoms with Crippen LogP contribution < -0.4 is 20.7 Å². The number of benzene rings is 2. The zero-order chi connectivity index (χ0) is 30.3. The first-order valence-electron chi connectivity index (χ1n) is 12.5. The molecule has 0 unspecified atom stereocenters. The molecule has 0 radical (unpaired) electrons. The van der Waals surface area contributed by atoms with E-state index in [1.54, 1.807) is 39.8 Å². The third-order valence-corrected chi connectivity index (χ3v) is 7.08. The van der Waals surface area contributed by atoms with E-state index >= 15 is 0 Å². The van der Waals surface area contributed by atoms with Gasteiger partial charge in [-0.1, -0.05) is 29.8 Å². The van der Waals surface area contributed by atoms with E-state index in [1.807, 2.05) is 0 Å². The fourth-order valence-electron chi connectivity index (χ4n) is 3.55. The van der Waals surface area contributed by atoms with Crippen LogP contribution in [-0.2, 0) is 37.1 Å². The van der Waals surface area contributed by atoms with E-state index in [-0.39, 0.29) is 29.8 Å². The lowest BCUT2D eigenvalue weighted by molar-refractivity contribution is -0.137. The van der Waals surface area contributed by atoms with Crippen LogP contribution in [0.5, 0.6) is 0 Å². The fourth-order valence-corrected chi connectivity index (χ4v) is 4.78. The van der Waals surface area contributed by atoms with Crippen molar-refractivity contribution >= 4 is 27.7 Å². The van der Waals surface area contributed by atoms with Crippen molar-refractivity contribution in [3.8, 4) is 0 Å². The van der Waals surface area contributed by atoms with Gasteiger partial charge >= 0.3 is 6.18 Å². The summed E-state index contributed by atoms with van der Waals surface area (Å²) in [7, 11) is -4.16. The highest BCUT2D eigenvalue weighted by atomic mass is 32.2. The fraction of sp³-hybridized carbons (Fsp3) is 0.444. The molecule has 0 aliphatic rings. The highest BCUT2D eigenvalue weighted by Crippen LogP contribution is 2.29. The quantitative estimate of drug-likeness (QED) is 0.322. The number of sulfonamides is 1. The maximum absolute atomic E-state index is 13.1. The second-order valence-electron chi connectivity index (χ2n) is 10.5. The molecule has 0 aromatic heterocycles. The van der Waals surface area contributed by atoms with Crippen LogP contribution in [0.15, 0.2) is 53.4 Å². The average Bonchev–Trinajstić information content (AvgIpc) is 2.83. The lowest BCUT2D eigenvalue weighted by Crippen LogP contribution is -2.53. The lowest BCUT2D eigenvalue weighted by Gasteiger charge is -2.23. The molecule has 0 bridgehead atoms. The third-order valence-electron chi connectivity index (χ3n) is 5.59. The van der Waals surface area contributed by atoms with Crippen LogP contribution >= 0.6 is 0 Å². The average molecular weight is 585 g/mol. The number of carbonyl (C=O) groups excluding carboxylic acids is 3. The Balaban J connectivity index is 2.11. The summed E-state index contributed by atoms with van der Waals surface area (Å²) in [5, 5.41) is 7.61. The van der Waals surface area contributed by atoms with Gasteiger partial charge in [-0.25, -0.2) is 8.42 Å². The minimum atomic E-state index is -4.54. The Morgan fingerprint density at radius 1 is 0.950 bits per heavy atom. The summed E-state index contributed by atoms with van der Waals surface area (Å²) in [5.74, 6) is -1.94. The number of carbonyl (C=O) groups is 3. The van der Waals surface area contributed by atoms with Crippen molar-refractivity contribution < 1.29 is 36.0 Å². The summed E-state index contributed by atoms with van der Waals surface area (Å²) in [4.78, 5) is 37.9. The van der Waals surface area contributed by atoms with Crippen molar-refractivity contribution in [2.75, 3.05) is 0 Å². The number of hydrogen-bond donors (Lipinski definition) is 4. The Morgan fingerprint density at radius 3 is 2.15 bits per heavy atom. The van der Waals surface area contributed by atoms with Gasteiger partial charge in [0, 0.05) is 18.5 Å². The molecule has 2 rings (SSSR count). The van der Waals surface area contributed by atoms with Crippen LogP contribution in [0, 0.1) is 6.92 Å². The van der Waals surface area contributed by atoms with Crippen molar-refractivity contribution in [2.24, 2.45) is 0 Å². The second-order valence-corrected chi connectivity index (χ2v) is 12.2. The Bertz CT molecular complexity index is 1310. The van der Waals surface area contributed by atoms with E-state index in [2.05, 4.69) is 20.7 Å². The summed E-state index contributed by atoms with van der Waals surface area (Å²) in [5.41, 5.74) is -0.366. The molecule has 3 amide bonds. The van der Waals surface area contributed by atoms with Gasteiger partial charge in [0.1, 0.15) is 12.1 Å². The molecule has 0 heterocycles. The van der Waals surface area contributed by atoms with Crippen LogP contribution in [0.3, 0.4) is 0 Å². The van der Waals surface area contributed by atoms with Crippen molar-refractivity contribution in [1.29, 1.82) is 0 Å². The summed E-state index contributed by atoms with van der Waals surface area (Å²) in [6.45, 7) is 8.22. The van der Waals surface area contributed by atoms with E-state index in [1.165, 1.54) is 31.2 Å². The highest BCUT2D eigenvalue weighted by Gasteiger charge is 2.31. The van der Waals surface area contributed by atoms with Crippen LogP contribution in [0.2, 0.25) is 0 Å². The maximum Gasteiger partial charge on any atom is 0.416 e. The number of rotatable bonds is 11. The standard InChI is InChI=1S/C27H35F3N4O5S/c1-17-9-11-21(12-10-17)40(38,39)34-22(13-14-23(35)33-26(3,4)5)25(37)32-18(2)24(36)31-16-19-7-6-8-20(15-19)27(28,29)30/h6-12,15,18,22,34H,13-14,16H2,1-5H3,(H,31,36)(H,32,37)(H,33,35)/t18-,22-/m0/s1. The smallest absolute Gasteiger partial charge is 0.352 e. The van der Waals surface area contributed by atoms with Crippen LogP contribution in [0.4, 0.5) is 13.2 Å². The van der Waals surface area contributed by atoms with Gasteiger partial charge in [0.15, 0.2) is 0 Å². The Morgan fingerprint density at radius 2 is 1.57 bits per heavy atom. The Kier molecular flexibility index (Phi) is 10.9. The molecule has 0 saturated carbocycles. The summed E-state index contributed by atoms with van der Waals surface area (Å²) in [6.07, 6.45) is -4.91. The van der Waals surface area contributed by atoms with Crippen molar-refractivity contribution in [3.63, 3.8) is 0 Å². The monoisotopic (exact) mass is 584 g/mol. The first-order valence-corrected chi connectivity index (χ1v) is 14.0. The van der Waals surface area contributed by atoms with Crippen LogP contribution in [0.1, 0.15) is 57.2 Å². The maximum atomic E-state index is 13.1. The van der Waals surface area contributed by atoms with Gasteiger partial charge in [0.2, 0.25) is 27.7 Å². The Hall–Kier alpha value is -3.45. The summed E-state index contributed by atoms with van der Waals surface area (Å²) in [6, 6.07) is 7.84. The van der Waals surface area contributed by atoms with Gasteiger partial charge in [0.05, 0.1) is 10.5 Å². The Labute approximate surface area is 232 Å². The lowest BCUT2D eigenvalue weighted by atomic mass is 10.1. The molecule has 9 nitrogen and oxygen atoms in total. The molecule has 0 fully saturated rings. The molecule has 2 aromatic carbocycles. The molecule has 0 aliphatic heterocycles. The molecule has 220 valence electrons. The van der Waals surface area contributed by atoms with E-state index < -0.39 is 57.1 Å². The molecule has 2 aromatic rings. The molecule has 4 N–H and O–H groups in total. The zero-order valence-corrected chi connectivity index (χ0v) is 23.8. The second kappa shape index (κ2) is 13.3. The van der Waals surface area contributed by atoms with Crippen molar-refractivity contribution in [1.82, 2.24) is 20.7 Å². The van der Waals surface area contributed by atoms with Gasteiger partial charge in [0.25, 0.3) is 0 Å². The zero-order valence-electron chi connectivity index (χ0n) is 23.0. The first-order chi connectivity index (χ1) is 18.4. The minimum absolute atomic E-state index is 0.0816. The molecule has 0 spiro atoms. The number of alkyl halides is 3. The van der Waals surface area contributed by atoms with E-state index in [9.17, 15) is 36.0 Å².